The molecule has 3 heterocycles. The summed E-state index contributed by atoms with van der Waals surface area (Å²) in [7, 11) is 0. The number of rotatable bonds is 2. The molecule has 5 atom stereocenters. The molecule has 11 heteroatoms. The molecule has 1 saturated heterocycles. The highest BCUT2D eigenvalue weighted by molar-refractivity contribution is 5.90. The molecule has 2 amide bonds. The number of carboxylic acids is 1. The maximum Gasteiger partial charge on any atom is 0.408 e. The van der Waals surface area contributed by atoms with Crippen molar-refractivity contribution < 1.29 is 29.0 Å². The first-order valence-electron chi connectivity index (χ1n) is 15.6. The zero-order valence-corrected chi connectivity index (χ0v) is 23.9. The minimum atomic E-state index is -1.13. The van der Waals surface area contributed by atoms with E-state index in [1.165, 1.54) is 4.90 Å². The number of aromatic nitrogens is 2. The number of aliphatic carboxylic acids is 1. The first-order chi connectivity index (χ1) is 20.4. The molecule has 2 aliphatic carbocycles. The number of alkyl carbamates (subject to hydrolysis) is 1. The van der Waals surface area contributed by atoms with Gasteiger partial charge in [0, 0.05) is 13.0 Å². The fourth-order valence-electron chi connectivity index (χ4n) is 7.43. The quantitative estimate of drug-likeness (QED) is 0.546. The number of fused-ring (bicyclic) bond motifs is 5. The fraction of sp³-hybridized carbons (Fsp3) is 0.645. The number of ether oxygens (including phenoxy) is 2. The molecule has 4 aliphatic rings. The molecule has 2 aliphatic heterocycles. The van der Waals surface area contributed by atoms with E-state index in [9.17, 15) is 24.3 Å². The van der Waals surface area contributed by atoms with Gasteiger partial charge in [-0.3, -0.25) is 14.2 Å². The van der Waals surface area contributed by atoms with Crippen LogP contribution in [0.15, 0.2) is 29.1 Å². The molecule has 42 heavy (non-hydrogen) atoms. The highest BCUT2D eigenvalue weighted by atomic mass is 16.6. The average molecular weight is 581 g/mol. The molecule has 0 spiro atoms. The van der Waals surface area contributed by atoms with E-state index < -0.39 is 36.2 Å². The number of carbonyl (C=O) groups excluding carboxylic acids is 2. The van der Waals surface area contributed by atoms with Crippen molar-refractivity contribution in [2.75, 3.05) is 6.54 Å². The van der Waals surface area contributed by atoms with Gasteiger partial charge in [0.25, 0.3) is 11.6 Å². The lowest BCUT2D eigenvalue weighted by Gasteiger charge is -2.31. The Bertz CT molecular complexity index is 1390. The Morgan fingerprint density at radius 3 is 2.45 bits per heavy atom. The van der Waals surface area contributed by atoms with Crippen LogP contribution in [0.1, 0.15) is 77.0 Å². The first-order valence-corrected chi connectivity index (χ1v) is 15.6. The summed E-state index contributed by atoms with van der Waals surface area (Å²) in [5.41, 5.74) is 0.312. The molecule has 1 aromatic carbocycles. The predicted octanol–water partition coefficient (Wildman–Crippen LogP) is 3.86. The molecule has 0 unspecified atom stereocenters. The van der Waals surface area contributed by atoms with Crippen LogP contribution in [-0.2, 0) is 20.9 Å². The van der Waals surface area contributed by atoms with Gasteiger partial charge in [0.05, 0.1) is 17.4 Å². The number of hydrogen-bond acceptors (Lipinski definition) is 7. The van der Waals surface area contributed by atoms with Gasteiger partial charge in [-0.25, -0.2) is 9.59 Å². The second-order valence-corrected chi connectivity index (χ2v) is 12.3. The summed E-state index contributed by atoms with van der Waals surface area (Å²) in [5, 5.41) is 13.5. The molecule has 3 fully saturated rings. The van der Waals surface area contributed by atoms with E-state index in [1.54, 1.807) is 28.8 Å². The summed E-state index contributed by atoms with van der Waals surface area (Å²) in [6, 6.07) is 5.28. The number of para-hydroxylation sites is 1. The van der Waals surface area contributed by atoms with Crippen LogP contribution in [0.25, 0.3) is 10.9 Å². The topological polar surface area (TPSA) is 140 Å². The Kier molecular flexibility index (Phi) is 8.35. The summed E-state index contributed by atoms with van der Waals surface area (Å²) in [5.74, 6) is -1.39. The maximum absolute atomic E-state index is 14.0. The van der Waals surface area contributed by atoms with Crippen LogP contribution in [0.3, 0.4) is 0 Å². The van der Waals surface area contributed by atoms with E-state index in [-0.39, 0.29) is 42.5 Å². The number of nitrogens with one attached hydrogen (secondary N) is 1. The third-order valence-corrected chi connectivity index (χ3v) is 9.64. The molecule has 2 bridgehead atoms. The van der Waals surface area contributed by atoms with Gasteiger partial charge in [0.2, 0.25) is 5.91 Å². The van der Waals surface area contributed by atoms with E-state index in [0.717, 1.165) is 70.6 Å². The van der Waals surface area contributed by atoms with Crippen LogP contribution >= 0.6 is 0 Å². The van der Waals surface area contributed by atoms with Crippen LogP contribution < -0.4 is 15.6 Å². The molecule has 2 aromatic rings. The molecule has 226 valence electrons. The molecule has 6 rings (SSSR count). The minimum Gasteiger partial charge on any atom is -0.480 e. The lowest BCUT2D eigenvalue weighted by atomic mass is 9.96. The Balaban J connectivity index is 1.34. The molecule has 2 N–H and O–H groups in total. The fourth-order valence-corrected chi connectivity index (χ4v) is 7.43. The molecule has 0 radical (unpaired) electrons. The van der Waals surface area contributed by atoms with E-state index in [1.807, 2.05) is 0 Å². The summed E-state index contributed by atoms with van der Waals surface area (Å²) in [6.07, 6.45) is 8.33. The highest BCUT2D eigenvalue weighted by Crippen LogP contribution is 2.34. The number of benzene rings is 1. The summed E-state index contributed by atoms with van der Waals surface area (Å²) in [4.78, 5) is 59.0. The van der Waals surface area contributed by atoms with Crippen molar-refractivity contribution >= 4 is 28.9 Å². The lowest BCUT2D eigenvalue weighted by molar-refractivity contribution is -0.149. The predicted molar refractivity (Wildman–Crippen MR) is 153 cm³/mol. The minimum absolute atomic E-state index is 0.0170. The van der Waals surface area contributed by atoms with E-state index >= 15 is 0 Å². The van der Waals surface area contributed by atoms with Crippen molar-refractivity contribution in [1.29, 1.82) is 0 Å². The zero-order chi connectivity index (χ0) is 29.2. The number of hydrogen-bond donors (Lipinski definition) is 2. The van der Waals surface area contributed by atoms with Gasteiger partial charge in [0.1, 0.15) is 24.3 Å². The number of amides is 2. The largest absolute Gasteiger partial charge is 0.480 e. The number of carboxylic acid groups (broad SMARTS) is 1. The molecule has 2 saturated carbocycles. The Morgan fingerprint density at radius 2 is 1.64 bits per heavy atom. The molecular formula is C31H40N4O7. The Hall–Kier alpha value is -3.63. The van der Waals surface area contributed by atoms with Gasteiger partial charge >= 0.3 is 12.1 Å². The lowest BCUT2D eigenvalue weighted by Crippen LogP contribution is -2.55. The van der Waals surface area contributed by atoms with Crippen molar-refractivity contribution in [3.8, 4) is 6.01 Å². The average Bonchev–Trinajstić information content (AvgIpc) is 3.74. The van der Waals surface area contributed by atoms with Gasteiger partial charge in [-0.05, 0) is 68.9 Å². The van der Waals surface area contributed by atoms with Gasteiger partial charge in [-0.2, -0.15) is 4.98 Å². The van der Waals surface area contributed by atoms with Gasteiger partial charge < -0.3 is 24.8 Å². The second-order valence-electron chi connectivity index (χ2n) is 12.3. The molecule has 1 aromatic heterocycles. The standard InChI is InChI=1S/C31H40N4O7/c36-27-22-13-5-6-14-23(22)32-30-34(27)16-7-1-2-9-19-12-8-15-25(19)42-31(40)33-26(20-10-3-4-11-20)28(37)35-18-21(41-30)17-24(35)29(38)39/h5-6,13-14,19-21,24-26H,1-4,7-12,15-18H2,(H,33,40)(H,38,39)/t19-,21-,24+,25-,26+/m1/s1. The van der Waals surface area contributed by atoms with Crippen LogP contribution in [0.5, 0.6) is 6.01 Å². The first kappa shape index (κ1) is 28.5. The third-order valence-electron chi connectivity index (χ3n) is 9.64. The summed E-state index contributed by atoms with van der Waals surface area (Å²) >= 11 is 0. The second kappa shape index (κ2) is 12.3. The van der Waals surface area contributed by atoms with Gasteiger partial charge in [-0.15, -0.1) is 0 Å². The smallest absolute Gasteiger partial charge is 0.408 e. The number of carbonyl (C=O) groups is 3. The van der Waals surface area contributed by atoms with Crippen LogP contribution in [0, 0.1) is 11.8 Å². The van der Waals surface area contributed by atoms with Gasteiger partial charge in [-0.1, -0.05) is 37.8 Å². The van der Waals surface area contributed by atoms with Crippen molar-refractivity contribution in [2.24, 2.45) is 11.8 Å². The monoisotopic (exact) mass is 580 g/mol. The van der Waals surface area contributed by atoms with E-state index in [0.29, 0.717) is 17.4 Å². The SMILES string of the molecule is O=C1N[C@@H](C2CCCC2)C(=O)N2C[C@@H](C[C@H]2C(=O)O)Oc2nc3ccccc3c(=O)n2CCCCC[C@@H]2CCC[C@H]2O1. The summed E-state index contributed by atoms with van der Waals surface area (Å²) < 4.78 is 13.7. The Labute approximate surface area is 244 Å². The van der Waals surface area contributed by atoms with E-state index in [4.69, 9.17) is 9.47 Å². The van der Waals surface area contributed by atoms with Crippen molar-refractivity contribution in [3.05, 3.63) is 34.6 Å². The number of nitrogens with zero attached hydrogens (tertiary/aromatic N) is 3. The van der Waals surface area contributed by atoms with Crippen LogP contribution in [0.4, 0.5) is 4.79 Å². The van der Waals surface area contributed by atoms with Crippen molar-refractivity contribution in [2.45, 2.75) is 108 Å². The van der Waals surface area contributed by atoms with E-state index in [2.05, 4.69) is 10.3 Å². The van der Waals surface area contributed by atoms with Crippen LogP contribution in [0.2, 0.25) is 0 Å². The maximum atomic E-state index is 14.0. The van der Waals surface area contributed by atoms with Crippen molar-refractivity contribution in [3.63, 3.8) is 0 Å². The van der Waals surface area contributed by atoms with Crippen LogP contribution in [-0.4, -0.2) is 68.4 Å². The Morgan fingerprint density at radius 1 is 0.905 bits per heavy atom. The summed E-state index contributed by atoms with van der Waals surface area (Å²) in [6.45, 7) is 0.434. The van der Waals surface area contributed by atoms with Gasteiger partial charge in [0.15, 0.2) is 0 Å². The zero-order valence-electron chi connectivity index (χ0n) is 23.9. The molecule has 11 nitrogen and oxygen atoms in total. The van der Waals surface area contributed by atoms with Crippen molar-refractivity contribution in [1.82, 2.24) is 19.8 Å². The third kappa shape index (κ3) is 5.83. The molecular weight excluding hydrogens is 540 g/mol. The highest BCUT2D eigenvalue weighted by Gasteiger charge is 2.46. The normalized spacial score (nSPS) is 29.6.